The molecule has 2 aromatic heterocycles. The molecule has 6 nitrogen and oxygen atoms in total. The van der Waals surface area contributed by atoms with Crippen molar-refractivity contribution in [2.24, 2.45) is 0 Å². The minimum Gasteiger partial charge on any atom is -0.346 e. The van der Waals surface area contributed by atoms with Crippen molar-refractivity contribution < 1.29 is 4.79 Å². The third-order valence-electron chi connectivity index (χ3n) is 3.95. The maximum Gasteiger partial charge on any atom is 0.217 e. The minimum absolute atomic E-state index is 0.100. The molecule has 0 aliphatic rings. The van der Waals surface area contributed by atoms with E-state index in [1.807, 2.05) is 48.5 Å². The molecule has 0 saturated carbocycles. The van der Waals surface area contributed by atoms with Gasteiger partial charge in [-0.2, -0.15) is 0 Å². The first-order valence-electron chi connectivity index (χ1n) is 7.84. The fraction of sp³-hybridized carbons (Fsp3) is 0.167. The summed E-state index contributed by atoms with van der Waals surface area (Å²) in [5.41, 5.74) is 3.73. The normalized spacial score (nSPS) is 12.5. The molecule has 1 amide bonds. The maximum atomic E-state index is 11.6. The Morgan fingerprint density at radius 1 is 1.00 bits per heavy atom. The molecular formula is C18H17N5O. The second kappa shape index (κ2) is 5.81. The van der Waals surface area contributed by atoms with Crippen LogP contribution in [-0.4, -0.2) is 25.8 Å². The molecular weight excluding hydrogens is 302 g/mol. The number of hydrogen-bond acceptors (Lipinski definition) is 3. The molecule has 0 bridgehead atoms. The summed E-state index contributed by atoms with van der Waals surface area (Å²) in [6.45, 7) is 1.51. The van der Waals surface area contributed by atoms with Crippen LogP contribution in [0.15, 0.2) is 48.5 Å². The highest BCUT2D eigenvalue weighted by Crippen LogP contribution is 2.20. The summed E-state index contributed by atoms with van der Waals surface area (Å²) in [6, 6.07) is 15.4. The Hall–Kier alpha value is -3.15. The molecule has 0 fully saturated rings. The van der Waals surface area contributed by atoms with Crippen molar-refractivity contribution in [1.82, 2.24) is 25.3 Å². The van der Waals surface area contributed by atoms with Gasteiger partial charge in [0, 0.05) is 13.3 Å². The topological polar surface area (TPSA) is 86.5 Å². The number of hydrogen-bond donors (Lipinski definition) is 3. The number of H-pyrrole nitrogens is 2. The Bertz CT molecular complexity index is 950. The van der Waals surface area contributed by atoms with Crippen molar-refractivity contribution in [3.05, 3.63) is 60.2 Å². The molecule has 6 heteroatoms. The number of nitrogens with zero attached hydrogens (tertiary/aromatic N) is 2. The van der Waals surface area contributed by atoms with Gasteiger partial charge in [-0.3, -0.25) is 4.79 Å². The number of nitrogens with one attached hydrogen (secondary N) is 3. The van der Waals surface area contributed by atoms with Crippen molar-refractivity contribution in [2.75, 3.05) is 0 Å². The van der Waals surface area contributed by atoms with Crippen LogP contribution in [0.3, 0.4) is 0 Å². The predicted molar refractivity (Wildman–Crippen MR) is 92.4 cm³/mol. The molecule has 0 radical (unpaired) electrons. The van der Waals surface area contributed by atoms with Gasteiger partial charge in [-0.25, -0.2) is 9.97 Å². The lowest BCUT2D eigenvalue weighted by molar-refractivity contribution is -0.119. The van der Waals surface area contributed by atoms with E-state index in [1.54, 1.807) is 0 Å². The first kappa shape index (κ1) is 14.4. The quantitative estimate of drug-likeness (QED) is 0.540. The molecule has 0 aliphatic heterocycles. The zero-order valence-electron chi connectivity index (χ0n) is 13.2. The molecule has 0 saturated heterocycles. The number of aromatic nitrogens is 4. The third-order valence-corrected chi connectivity index (χ3v) is 3.95. The molecule has 1 atom stereocenters. The molecule has 0 spiro atoms. The SMILES string of the molecule is CC(=O)NC(Cc1nc2ccccc2[nH]1)c1nc2ccccc2[nH]1. The Morgan fingerprint density at radius 3 is 2.25 bits per heavy atom. The van der Waals surface area contributed by atoms with Crippen LogP contribution in [0.4, 0.5) is 0 Å². The lowest BCUT2D eigenvalue weighted by Gasteiger charge is -2.14. The molecule has 4 aromatic rings. The van der Waals surface area contributed by atoms with Crippen molar-refractivity contribution in [2.45, 2.75) is 19.4 Å². The molecule has 24 heavy (non-hydrogen) atoms. The molecule has 1 unspecified atom stereocenters. The number of aromatic amines is 2. The number of benzene rings is 2. The first-order chi connectivity index (χ1) is 11.7. The minimum atomic E-state index is -0.268. The van der Waals surface area contributed by atoms with Crippen LogP contribution in [0.5, 0.6) is 0 Å². The summed E-state index contributed by atoms with van der Waals surface area (Å²) >= 11 is 0. The number of fused-ring (bicyclic) bond motifs is 2. The van der Waals surface area contributed by atoms with Gasteiger partial charge in [0.05, 0.1) is 28.1 Å². The van der Waals surface area contributed by atoms with Gasteiger partial charge in [0.25, 0.3) is 0 Å². The van der Waals surface area contributed by atoms with Crippen molar-refractivity contribution in [3.63, 3.8) is 0 Å². The fourth-order valence-electron chi connectivity index (χ4n) is 2.89. The van der Waals surface area contributed by atoms with E-state index in [1.165, 1.54) is 6.92 Å². The first-order valence-corrected chi connectivity index (χ1v) is 7.84. The van der Waals surface area contributed by atoms with Crippen molar-refractivity contribution in [1.29, 1.82) is 0 Å². The second-order valence-corrected chi connectivity index (χ2v) is 5.80. The van der Waals surface area contributed by atoms with Gasteiger partial charge >= 0.3 is 0 Å². The summed E-state index contributed by atoms with van der Waals surface area (Å²) in [5.74, 6) is 1.44. The highest BCUT2D eigenvalue weighted by atomic mass is 16.1. The van der Waals surface area contributed by atoms with E-state index >= 15 is 0 Å². The van der Waals surface area contributed by atoms with Gasteiger partial charge in [-0.1, -0.05) is 24.3 Å². The lowest BCUT2D eigenvalue weighted by atomic mass is 10.2. The van der Waals surface area contributed by atoms with Crippen molar-refractivity contribution >= 4 is 28.0 Å². The number of rotatable bonds is 4. The van der Waals surface area contributed by atoms with Gasteiger partial charge in [0.2, 0.25) is 5.91 Å². The Kier molecular flexibility index (Phi) is 3.49. The van der Waals surface area contributed by atoms with E-state index in [4.69, 9.17) is 0 Å². The highest BCUT2D eigenvalue weighted by molar-refractivity contribution is 5.76. The van der Waals surface area contributed by atoms with Crippen molar-refractivity contribution in [3.8, 4) is 0 Å². The van der Waals surface area contributed by atoms with Crippen LogP contribution in [-0.2, 0) is 11.2 Å². The van der Waals surface area contributed by atoms with E-state index in [0.29, 0.717) is 6.42 Å². The van der Waals surface area contributed by atoms with E-state index in [0.717, 1.165) is 33.7 Å². The largest absolute Gasteiger partial charge is 0.346 e. The lowest BCUT2D eigenvalue weighted by Crippen LogP contribution is -2.28. The fourth-order valence-corrected chi connectivity index (χ4v) is 2.89. The number of imidazole rings is 2. The molecule has 4 rings (SSSR count). The van der Waals surface area contributed by atoms with Crippen LogP contribution < -0.4 is 5.32 Å². The molecule has 0 aliphatic carbocycles. The van der Waals surface area contributed by atoms with Gasteiger partial charge in [-0.15, -0.1) is 0 Å². The van der Waals surface area contributed by atoms with E-state index in [2.05, 4.69) is 25.3 Å². The molecule has 3 N–H and O–H groups in total. The summed E-state index contributed by atoms with van der Waals surface area (Å²) < 4.78 is 0. The maximum absolute atomic E-state index is 11.6. The molecule has 120 valence electrons. The Labute approximate surface area is 138 Å². The second-order valence-electron chi connectivity index (χ2n) is 5.80. The highest BCUT2D eigenvalue weighted by Gasteiger charge is 2.19. The van der Waals surface area contributed by atoms with E-state index < -0.39 is 0 Å². The van der Waals surface area contributed by atoms with Gasteiger partial charge in [0.1, 0.15) is 11.6 Å². The third kappa shape index (κ3) is 2.74. The average molecular weight is 319 g/mol. The monoisotopic (exact) mass is 319 g/mol. The van der Waals surface area contributed by atoms with Gasteiger partial charge in [0.15, 0.2) is 0 Å². The smallest absolute Gasteiger partial charge is 0.217 e. The average Bonchev–Trinajstić information content (AvgIpc) is 3.16. The number of carbonyl (C=O) groups is 1. The van der Waals surface area contributed by atoms with Gasteiger partial charge in [-0.05, 0) is 24.3 Å². The van der Waals surface area contributed by atoms with Crippen LogP contribution in [0.1, 0.15) is 24.6 Å². The number of carbonyl (C=O) groups excluding carboxylic acids is 1. The predicted octanol–water partition coefficient (Wildman–Crippen LogP) is 2.86. The summed E-state index contributed by atoms with van der Waals surface area (Å²) in [6.07, 6.45) is 0.536. The van der Waals surface area contributed by atoms with Crippen LogP contribution in [0.25, 0.3) is 22.1 Å². The molecule has 2 aromatic carbocycles. The van der Waals surface area contributed by atoms with Gasteiger partial charge < -0.3 is 15.3 Å². The van der Waals surface area contributed by atoms with Crippen LogP contribution in [0, 0.1) is 0 Å². The van der Waals surface area contributed by atoms with Crippen LogP contribution >= 0.6 is 0 Å². The summed E-state index contributed by atoms with van der Waals surface area (Å²) in [4.78, 5) is 27.4. The number of para-hydroxylation sites is 4. The standard InChI is InChI=1S/C18H17N5O/c1-11(24)19-16(18-22-14-8-4-5-9-15(14)23-18)10-17-20-12-6-2-3-7-13(12)21-17/h2-9,16H,10H2,1H3,(H,19,24)(H,20,21)(H,22,23). The summed E-state index contributed by atoms with van der Waals surface area (Å²) in [7, 11) is 0. The molecule has 2 heterocycles. The summed E-state index contributed by atoms with van der Waals surface area (Å²) in [5, 5.41) is 2.96. The zero-order chi connectivity index (χ0) is 16.5. The Balaban J connectivity index is 1.69. The zero-order valence-corrected chi connectivity index (χ0v) is 13.2. The van der Waals surface area contributed by atoms with E-state index in [9.17, 15) is 4.79 Å². The van der Waals surface area contributed by atoms with Crippen LogP contribution in [0.2, 0.25) is 0 Å². The van der Waals surface area contributed by atoms with E-state index in [-0.39, 0.29) is 11.9 Å². The number of amides is 1. The Morgan fingerprint density at radius 2 is 1.62 bits per heavy atom.